The molecule has 1 saturated heterocycles. The van der Waals surface area contributed by atoms with Gasteiger partial charge in [-0.2, -0.15) is 26.3 Å². The third kappa shape index (κ3) is 10.4. The molecule has 2 heterocycles. The molecule has 16 heteroatoms. The van der Waals surface area contributed by atoms with Crippen molar-refractivity contribution in [1.82, 2.24) is 14.6 Å². The van der Waals surface area contributed by atoms with E-state index in [9.17, 15) is 34.8 Å². The van der Waals surface area contributed by atoms with Crippen molar-refractivity contribution in [2.45, 2.75) is 55.5 Å². The first-order valence-corrected chi connectivity index (χ1v) is 13.2. The second-order valence-corrected chi connectivity index (χ2v) is 11.0. The Morgan fingerprint density at radius 3 is 1.80 bits per heavy atom. The number of nitrogens with one attached hydrogen (secondary N) is 1. The predicted molar refractivity (Wildman–Crippen MR) is 128 cm³/mol. The normalized spacial score (nSPS) is 17.4. The lowest BCUT2D eigenvalue weighted by Crippen LogP contribution is -2.54. The topological polar surface area (TPSA) is 137 Å². The van der Waals surface area contributed by atoms with E-state index in [4.69, 9.17) is 19.8 Å². The van der Waals surface area contributed by atoms with Gasteiger partial charge in [0.1, 0.15) is 0 Å². The van der Waals surface area contributed by atoms with Gasteiger partial charge in [-0.3, -0.25) is 9.88 Å². The van der Waals surface area contributed by atoms with Gasteiger partial charge in [-0.1, -0.05) is 24.3 Å². The number of pyridine rings is 1. The zero-order chi connectivity index (χ0) is 30.2. The minimum Gasteiger partial charge on any atom is -0.475 e. The number of sulfonamides is 1. The lowest BCUT2D eigenvalue weighted by molar-refractivity contribution is -0.193. The maximum absolute atomic E-state index is 12.4. The number of nitrogens with zero attached hydrogens (tertiary/aromatic N) is 2. The van der Waals surface area contributed by atoms with Crippen molar-refractivity contribution in [2.24, 2.45) is 5.41 Å². The molecule has 1 aromatic heterocycles. The van der Waals surface area contributed by atoms with E-state index in [1.807, 2.05) is 24.4 Å². The van der Waals surface area contributed by atoms with Crippen LogP contribution in [0.4, 0.5) is 26.3 Å². The molecule has 0 atom stereocenters. The molecule has 2 fully saturated rings. The van der Waals surface area contributed by atoms with Gasteiger partial charge in [-0.05, 0) is 68.5 Å². The molecule has 1 aromatic carbocycles. The Bertz CT molecular complexity index is 1190. The molecule has 4 rings (SSSR count). The van der Waals surface area contributed by atoms with Gasteiger partial charge in [-0.15, -0.1) is 0 Å². The fourth-order valence-electron chi connectivity index (χ4n) is 4.27. The van der Waals surface area contributed by atoms with Gasteiger partial charge in [-0.25, -0.2) is 22.7 Å². The van der Waals surface area contributed by atoms with Crippen molar-refractivity contribution >= 4 is 22.0 Å². The molecule has 0 unspecified atom stereocenters. The average Bonchev–Trinajstić information content (AvgIpc) is 2.85. The lowest BCUT2D eigenvalue weighted by Gasteiger charge is -2.52. The minimum absolute atomic E-state index is 0.0718. The van der Waals surface area contributed by atoms with Crippen LogP contribution < -0.4 is 4.72 Å². The van der Waals surface area contributed by atoms with Crippen LogP contribution in [0.3, 0.4) is 0 Å². The smallest absolute Gasteiger partial charge is 0.475 e. The fourth-order valence-corrected chi connectivity index (χ4v) is 5.53. The Labute approximate surface area is 225 Å². The van der Waals surface area contributed by atoms with Crippen LogP contribution in [0.15, 0.2) is 59.6 Å². The monoisotopic (exact) mass is 599 g/mol. The molecule has 0 radical (unpaired) electrons. The summed E-state index contributed by atoms with van der Waals surface area (Å²) in [6, 6.07) is 14.8. The van der Waals surface area contributed by atoms with E-state index in [1.165, 1.54) is 0 Å². The summed E-state index contributed by atoms with van der Waals surface area (Å²) in [5.41, 5.74) is 1.44. The van der Waals surface area contributed by atoms with Gasteiger partial charge < -0.3 is 10.2 Å². The van der Waals surface area contributed by atoms with Crippen molar-refractivity contribution in [3.63, 3.8) is 0 Å². The number of rotatable bonds is 5. The number of halogens is 6. The van der Waals surface area contributed by atoms with E-state index < -0.39 is 34.3 Å². The van der Waals surface area contributed by atoms with E-state index in [-0.39, 0.29) is 6.04 Å². The molecule has 1 aliphatic carbocycles. The highest BCUT2D eigenvalue weighted by Crippen LogP contribution is 2.49. The number of likely N-dealkylation sites (tertiary alicyclic amines) is 1. The van der Waals surface area contributed by atoms with Gasteiger partial charge in [0.2, 0.25) is 10.0 Å². The molecule has 0 bridgehead atoms. The molecule has 3 N–H and O–H groups in total. The third-order valence-corrected chi connectivity index (χ3v) is 7.78. The van der Waals surface area contributed by atoms with E-state index >= 15 is 0 Å². The van der Waals surface area contributed by atoms with E-state index in [2.05, 4.69) is 20.7 Å². The number of hydrogen-bond acceptors (Lipinski definition) is 6. The Morgan fingerprint density at radius 2 is 1.38 bits per heavy atom. The van der Waals surface area contributed by atoms with Crippen molar-refractivity contribution in [3.05, 3.63) is 60.4 Å². The molecule has 1 saturated carbocycles. The number of benzene rings is 1. The number of alkyl halides is 6. The number of carbonyl (C=O) groups is 2. The van der Waals surface area contributed by atoms with E-state index in [0.29, 0.717) is 10.3 Å². The first kappa shape index (κ1) is 33.0. The highest BCUT2D eigenvalue weighted by Gasteiger charge is 2.47. The van der Waals surface area contributed by atoms with Gasteiger partial charge in [0.15, 0.2) is 0 Å². The highest BCUT2D eigenvalue weighted by atomic mass is 32.2. The number of aliphatic carboxylic acids is 2. The number of aromatic nitrogens is 1. The summed E-state index contributed by atoms with van der Waals surface area (Å²) in [6.45, 7) is 3.03. The summed E-state index contributed by atoms with van der Waals surface area (Å²) in [5, 5.41) is 14.2. The third-order valence-electron chi connectivity index (χ3n) is 6.25. The van der Waals surface area contributed by atoms with E-state index in [1.54, 1.807) is 24.3 Å². The Hall–Kier alpha value is -3.24. The first-order valence-electron chi connectivity index (χ1n) is 11.7. The van der Waals surface area contributed by atoms with Gasteiger partial charge in [0.05, 0.1) is 10.6 Å². The van der Waals surface area contributed by atoms with Crippen LogP contribution in [0.25, 0.3) is 0 Å². The summed E-state index contributed by atoms with van der Waals surface area (Å²) in [6.07, 6.45) is -4.13. The molecule has 222 valence electrons. The van der Waals surface area contributed by atoms with E-state index in [0.717, 1.165) is 51.0 Å². The largest absolute Gasteiger partial charge is 0.490 e. The van der Waals surface area contributed by atoms with Crippen LogP contribution >= 0.6 is 0 Å². The second kappa shape index (κ2) is 13.4. The standard InChI is InChI=1S/C20H25N3O2S.2C2HF3O2/c24-26(25,19-7-2-1-3-8-19)22-18-14-20(15-18)9-12-23(13-10-20)16-17-6-4-5-11-21-17;2*3-2(4,5)1(6)7/h1-8,11,18,22H,9-10,12-16H2;2*(H,6,7). The number of piperidine rings is 1. The maximum atomic E-state index is 12.4. The number of carboxylic acids is 2. The van der Waals surface area contributed by atoms with Crippen molar-refractivity contribution in [2.75, 3.05) is 13.1 Å². The molecule has 0 amide bonds. The molecule has 2 aromatic rings. The number of carboxylic acid groups (broad SMARTS) is 2. The SMILES string of the molecule is O=C(O)C(F)(F)F.O=C(O)C(F)(F)F.O=S(=O)(NC1CC2(CCN(Cc3ccccn3)CC2)C1)c1ccccc1. The molecule has 2 aliphatic rings. The van der Waals surface area contributed by atoms with Gasteiger partial charge in [0.25, 0.3) is 0 Å². The van der Waals surface area contributed by atoms with Gasteiger partial charge in [0, 0.05) is 18.8 Å². The Morgan fingerprint density at radius 1 is 0.900 bits per heavy atom. The van der Waals surface area contributed by atoms with Crippen molar-refractivity contribution in [1.29, 1.82) is 0 Å². The zero-order valence-electron chi connectivity index (χ0n) is 20.8. The summed E-state index contributed by atoms with van der Waals surface area (Å²) < 4.78 is 91.2. The van der Waals surface area contributed by atoms with Crippen LogP contribution in [-0.4, -0.2) is 71.9 Å². The van der Waals surface area contributed by atoms with Crippen molar-refractivity contribution < 1.29 is 54.6 Å². The lowest BCUT2D eigenvalue weighted by atomic mass is 9.60. The predicted octanol–water partition coefficient (Wildman–Crippen LogP) is 4.07. The fraction of sp³-hybridized carbons (Fsp3) is 0.458. The highest BCUT2D eigenvalue weighted by molar-refractivity contribution is 7.89. The Kier molecular flexibility index (Phi) is 11.1. The molecule has 1 aliphatic heterocycles. The quantitative estimate of drug-likeness (QED) is 0.438. The summed E-state index contributed by atoms with van der Waals surface area (Å²) in [5.74, 6) is -5.51. The minimum atomic E-state index is -5.08. The van der Waals surface area contributed by atoms with Crippen LogP contribution in [0.1, 0.15) is 31.4 Å². The zero-order valence-corrected chi connectivity index (χ0v) is 21.6. The molecular weight excluding hydrogens is 572 g/mol. The number of hydrogen-bond donors (Lipinski definition) is 3. The molecule has 9 nitrogen and oxygen atoms in total. The Balaban J connectivity index is 0.000000333. The summed E-state index contributed by atoms with van der Waals surface area (Å²) >= 11 is 0. The van der Waals surface area contributed by atoms with Crippen LogP contribution in [0.2, 0.25) is 0 Å². The van der Waals surface area contributed by atoms with Crippen molar-refractivity contribution in [3.8, 4) is 0 Å². The molecular formula is C24H27F6N3O6S. The second-order valence-electron chi connectivity index (χ2n) is 9.24. The maximum Gasteiger partial charge on any atom is 0.490 e. The summed E-state index contributed by atoms with van der Waals surface area (Å²) in [7, 11) is -3.40. The van der Waals surface area contributed by atoms with Gasteiger partial charge >= 0.3 is 24.3 Å². The summed E-state index contributed by atoms with van der Waals surface area (Å²) in [4.78, 5) is 25.0. The van der Waals surface area contributed by atoms with Crippen LogP contribution in [-0.2, 0) is 26.2 Å². The molecule has 40 heavy (non-hydrogen) atoms. The first-order chi connectivity index (χ1) is 18.4. The van der Waals surface area contributed by atoms with Crippen LogP contribution in [0.5, 0.6) is 0 Å². The average molecular weight is 600 g/mol. The molecule has 1 spiro atoms. The van der Waals surface area contributed by atoms with Crippen LogP contribution in [0, 0.1) is 5.41 Å².